The maximum Gasteiger partial charge on any atom is 0.416 e. The maximum atomic E-state index is 13.8. The van der Waals surface area contributed by atoms with Crippen LogP contribution in [0.4, 0.5) is 18.0 Å². The van der Waals surface area contributed by atoms with Crippen LogP contribution < -0.4 is 11.5 Å². The number of carbonyl (C=O) groups is 3. The first-order chi connectivity index (χ1) is 19.9. The molecule has 0 aromatic heterocycles. The number of halogens is 3. The number of alkyl halides is 3. The Kier molecular flexibility index (Phi) is 12.0. The number of hydrogen-bond acceptors (Lipinski definition) is 6. The predicted octanol–water partition coefficient (Wildman–Crippen LogP) is 4.39. The van der Waals surface area contributed by atoms with E-state index in [1.54, 1.807) is 27.7 Å². The van der Waals surface area contributed by atoms with E-state index in [1.807, 2.05) is 0 Å². The molecule has 236 valence electrons. The van der Waals surface area contributed by atoms with E-state index in [0.717, 1.165) is 18.6 Å². The van der Waals surface area contributed by atoms with E-state index >= 15 is 0 Å². The van der Waals surface area contributed by atoms with Gasteiger partial charge in [0.05, 0.1) is 12.1 Å². The third kappa shape index (κ3) is 8.59. The van der Waals surface area contributed by atoms with E-state index < -0.39 is 36.1 Å². The van der Waals surface area contributed by atoms with Crippen LogP contribution >= 0.6 is 0 Å². The average Bonchev–Trinajstić information content (AvgIpc) is 2.91. The number of ether oxygens (including phenoxy) is 1. The summed E-state index contributed by atoms with van der Waals surface area (Å²) in [7, 11) is 0. The molecule has 2 saturated heterocycles. The fraction of sp³-hybridized carbons (Fsp3) is 0.700. The molecule has 0 spiro atoms. The Balaban J connectivity index is 1.92. The van der Waals surface area contributed by atoms with Crippen LogP contribution in [0, 0.1) is 12.8 Å². The van der Waals surface area contributed by atoms with Crippen molar-refractivity contribution < 1.29 is 32.3 Å². The Bertz CT molecular complexity index is 1080. The standard InChI is InChI=1S/C30H46F3N5O4/c1-20(2)10-13-36-18-26-37(29(41)42-19-22-14-21(3)15-23(16-22)30(31,32)33)24(8-4-6-11-34)17-27(39)38(26)25(28(36)40)9-5-7-12-35/h14-16,20,24-26H,4-13,17-19,34-35H2,1-3H3/t24?,25-,26?/m0/s1. The number of carbonyl (C=O) groups excluding carboxylic acids is 3. The first kappa shape index (κ1) is 33.6. The number of piperazine rings is 1. The van der Waals surface area contributed by atoms with Crippen molar-refractivity contribution in [2.45, 2.75) is 103 Å². The molecular weight excluding hydrogens is 551 g/mol. The third-order valence-electron chi connectivity index (χ3n) is 7.99. The molecular formula is C30H46F3N5O4. The van der Waals surface area contributed by atoms with Crippen molar-refractivity contribution in [1.29, 1.82) is 0 Å². The minimum atomic E-state index is -4.53. The number of amides is 3. The summed E-state index contributed by atoms with van der Waals surface area (Å²) in [6.45, 7) is 6.90. The van der Waals surface area contributed by atoms with Crippen LogP contribution in [-0.4, -0.2) is 77.0 Å². The number of hydrogen-bond donors (Lipinski definition) is 2. The van der Waals surface area contributed by atoms with Gasteiger partial charge >= 0.3 is 12.3 Å². The molecule has 4 N–H and O–H groups in total. The molecule has 0 saturated carbocycles. The van der Waals surface area contributed by atoms with E-state index in [-0.39, 0.29) is 37.0 Å². The van der Waals surface area contributed by atoms with Crippen LogP contribution in [-0.2, 0) is 27.1 Å². The second-order valence-corrected chi connectivity index (χ2v) is 11.9. The molecule has 0 bridgehead atoms. The van der Waals surface area contributed by atoms with Crippen LogP contribution in [0.15, 0.2) is 18.2 Å². The van der Waals surface area contributed by atoms with Crippen molar-refractivity contribution in [3.05, 3.63) is 34.9 Å². The molecule has 3 rings (SSSR count). The van der Waals surface area contributed by atoms with Gasteiger partial charge in [-0.25, -0.2) is 4.79 Å². The average molecular weight is 598 g/mol. The molecule has 2 aliphatic rings. The van der Waals surface area contributed by atoms with Crippen LogP contribution in [0.3, 0.4) is 0 Å². The van der Waals surface area contributed by atoms with Gasteiger partial charge in [-0.1, -0.05) is 31.9 Å². The van der Waals surface area contributed by atoms with Crippen molar-refractivity contribution in [2.24, 2.45) is 17.4 Å². The van der Waals surface area contributed by atoms with Crippen LogP contribution in [0.5, 0.6) is 0 Å². The highest BCUT2D eigenvalue weighted by molar-refractivity contribution is 5.91. The lowest BCUT2D eigenvalue weighted by atomic mass is 9.94. The molecule has 1 aromatic carbocycles. The number of rotatable bonds is 13. The van der Waals surface area contributed by atoms with E-state index in [9.17, 15) is 27.6 Å². The Morgan fingerprint density at radius 3 is 2.33 bits per heavy atom. The lowest BCUT2D eigenvalue weighted by Gasteiger charge is -2.54. The lowest BCUT2D eigenvalue weighted by molar-refractivity contribution is -0.172. The molecule has 0 aliphatic carbocycles. The molecule has 3 amide bonds. The summed E-state index contributed by atoms with van der Waals surface area (Å²) in [6, 6.07) is 2.37. The fourth-order valence-corrected chi connectivity index (χ4v) is 5.85. The van der Waals surface area contributed by atoms with Crippen molar-refractivity contribution in [3.8, 4) is 0 Å². The van der Waals surface area contributed by atoms with Gasteiger partial charge in [-0.3, -0.25) is 14.5 Å². The van der Waals surface area contributed by atoms with Crippen molar-refractivity contribution in [2.75, 3.05) is 26.2 Å². The second kappa shape index (κ2) is 15.0. The van der Waals surface area contributed by atoms with E-state index in [2.05, 4.69) is 13.8 Å². The molecule has 9 nitrogen and oxygen atoms in total. The zero-order valence-electron chi connectivity index (χ0n) is 25.0. The number of benzene rings is 1. The third-order valence-corrected chi connectivity index (χ3v) is 7.99. The lowest BCUT2D eigenvalue weighted by Crippen LogP contribution is -2.73. The maximum absolute atomic E-state index is 13.8. The Morgan fingerprint density at radius 1 is 1.05 bits per heavy atom. The number of aryl methyl sites for hydroxylation is 1. The largest absolute Gasteiger partial charge is 0.444 e. The minimum absolute atomic E-state index is 0.0332. The number of unbranched alkanes of at least 4 members (excludes halogenated alkanes) is 2. The van der Waals surface area contributed by atoms with E-state index in [4.69, 9.17) is 16.2 Å². The van der Waals surface area contributed by atoms with E-state index in [0.29, 0.717) is 69.6 Å². The molecule has 42 heavy (non-hydrogen) atoms. The molecule has 2 aliphatic heterocycles. The van der Waals surface area contributed by atoms with Crippen molar-refractivity contribution in [3.63, 3.8) is 0 Å². The molecule has 2 unspecified atom stereocenters. The molecule has 1 aromatic rings. The summed E-state index contributed by atoms with van der Waals surface area (Å²) in [5.74, 6) is 0.0250. The topological polar surface area (TPSA) is 122 Å². The Hall–Kier alpha value is -2.86. The Labute approximate surface area is 246 Å². The van der Waals surface area contributed by atoms with Crippen molar-refractivity contribution >= 4 is 17.9 Å². The highest BCUT2D eigenvalue weighted by Crippen LogP contribution is 2.34. The smallest absolute Gasteiger partial charge is 0.416 e. The summed E-state index contributed by atoms with van der Waals surface area (Å²) in [6.07, 6.45) is -1.48. The first-order valence-corrected chi connectivity index (χ1v) is 15.0. The summed E-state index contributed by atoms with van der Waals surface area (Å²) >= 11 is 0. The Morgan fingerprint density at radius 2 is 1.71 bits per heavy atom. The fourth-order valence-electron chi connectivity index (χ4n) is 5.85. The van der Waals surface area contributed by atoms with Gasteiger partial charge in [-0.05, 0) is 82.2 Å². The molecule has 2 heterocycles. The minimum Gasteiger partial charge on any atom is -0.444 e. The molecule has 0 radical (unpaired) electrons. The van der Waals surface area contributed by atoms with Gasteiger partial charge in [-0.2, -0.15) is 13.2 Å². The monoisotopic (exact) mass is 597 g/mol. The van der Waals surface area contributed by atoms with Gasteiger partial charge in [0.2, 0.25) is 11.8 Å². The van der Waals surface area contributed by atoms with Crippen LogP contribution in [0.1, 0.15) is 81.9 Å². The normalized spacial score (nSPS) is 21.3. The first-order valence-electron chi connectivity index (χ1n) is 15.0. The zero-order valence-corrected chi connectivity index (χ0v) is 25.0. The zero-order chi connectivity index (χ0) is 31.0. The van der Waals surface area contributed by atoms with E-state index in [1.165, 1.54) is 0 Å². The van der Waals surface area contributed by atoms with Gasteiger partial charge in [0, 0.05) is 19.0 Å². The quantitative estimate of drug-likeness (QED) is 0.325. The summed E-state index contributed by atoms with van der Waals surface area (Å²) in [5.41, 5.74) is 11.2. The van der Waals surface area contributed by atoms with Gasteiger partial charge < -0.3 is 26.0 Å². The highest BCUT2D eigenvalue weighted by atomic mass is 19.4. The summed E-state index contributed by atoms with van der Waals surface area (Å²) in [5, 5.41) is 0. The highest BCUT2D eigenvalue weighted by Gasteiger charge is 2.51. The second-order valence-electron chi connectivity index (χ2n) is 11.9. The summed E-state index contributed by atoms with van der Waals surface area (Å²) in [4.78, 5) is 45.8. The summed E-state index contributed by atoms with van der Waals surface area (Å²) < 4.78 is 45.8. The van der Waals surface area contributed by atoms with Crippen LogP contribution in [0.25, 0.3) is 0 Å². The number of nitrogens with zero attached hydrogens (tertiary/aromatic N) is 3. The van der Waals surface area contributed by atoms with Crippen molar-refractivity contribution in [1.82, 2.24) is 14.7 Å². The van der Waals surface area contributed by atoms with Gasteiger partial charge in [0.15, 0.2) is 0 Å². The molecule has 3 atom stereocenters. The predicted molar refractivity (Wildman–Crippen MR) is 153 cm³/mol. The number of nitrogens with two attached hydrogens (primary N) is 2. The van der Waals surface area contributed by atoms with Gasteiger partial charge in [-0.15, -0.1) is 0 Å². The molecule has 2 fully saturated rings. The SMILES string of the molecule is Cc1cc(COC(=O)N2C(CCCCN)CC(=O)N3C2CN(CCC(C)C)C(=O)[C@@H]3CCCCN)cc(C(F)(F)F)c1. The number of fused-ring (bicyclic) bond motifs is 1. The molecule has 12 heteroatoms. The van der Waals surface area contributed by atoms with Crippen LogP contribution in [0.2, 0.25) is 0 Å². The van der Waals surface area contributed by atoms with Gasteiger partial charge in [0.1, 0.15) is 18.8 Å². The van der Waals surface area contributed by atoms with Gasteiger partial charge in [0.25, 0.3) is 0 Å².